The van der Waals surface area contributed by atoms with Crippen LogP contribution in [0.5, 0.6) is 0 Å². The van der Waals surface area contributed by atoms with Crippen LogP contribution in [0.15, 0.2) is 0 Å². The lowest BCUT2D eigenvalue weighted by Gasteiger charge is -2.23. The largest absolute Gasteiger partial charge is 0.480 e. The zero-order valence-electron chi connectivity index (χ0n) is 37.6. The number of rotatable bonds is 40. The highest BCUT2D eigenvalue weighted by atomic mass is 16.6. The molecule has 0 rings (SSSR count). The van der Waals surface area contributed by atoms with Crippen LogP contribution in [0.3, 0.4) is 0 Å². The fraction of sp³-hybridized carbons (Fsp3) is 0.867. The summed E-state index contributed by atoms with van der Waals surface area (Å²) < 4.78 is 31.9. The van der Waals surface area contributed by atoms with Crippen LogP contribution < -0.4 is 5.32 Å². The van der Waals surface area contributed by atoms with Crippen molar-refractivity contribution < 1.29 is 62.3 Å². The predicted molar refractivity (Wildman–Crippen MR) is 226 cm³/mol. The maximum absolute atomic E-state index is 12.9. The molecule has 0 heterocycles. The van der Waals surface area contributed by atoms with Crippen LogP contribution in [0.2, 0.25) is 0 Å². The second-order valence-electron chi connectivity index (χ2n) is 17.3. The number of unbranched alkanes of at least 4 members (excludes halogenated alkanes) is 13. The Morgan fingerprint density at radius 2 is 0.949 bits per heavy atom. The van der Waals surface area contributed by atoms with E-state index in [1.165, 1.54) is 51.4 Å². The number of nitrogens with one attached hydrogen (secondary N) is 1. The summed E-state index contributed by atoms with van der Waals surface area (Å²) in [4.78, 5) is 72.3. The third-order valence-electron chi connectivity index (χ3n) is 8.99. The van der Waals surface area contributed by atoms with E-state index < -0.39 is 29.1 Å². The lowest BCUT2D eigenvalue weighted by molar-refractivity contribution is -0.161. The van der Waals surface area contributed by atoms with E-state index in [-0.39, 0.29) is 95.5 Å². The molecule has 0 aromatic heterocycles. The first-order valence-corrected chi connectivity index (χ1v) is 22.3. The second-order valence-corrected chi connectivity index (χ2v) is 17.3. The third-order valence-corrected chi connectivity index (χ3v) is 8.99. The Morgan fingerprint density at radius 1 is 0.492 bits per heavy atom. The lowest BCUT2D eigenvalue weighted by Crippen LogP contribution is -2.32. The van der Waals surface area contributed by atoms with Gasteiger partial charge in [-0.05, 0) is 67.2 Å². The van der Waals surface area contributed by atoms with Gasteiger partial charge in [-0.1, -0.05) is 77.0 Å². The topological polar surface area (TPSA) is 190 Å². The number of carboxylic acid groups (broad SMARTS) is 1. The number of carbonyl (C=O) groups excluding carboxylic acids is 5. The molecule has 2 N–H and O–H groups in total. The van der Waals surface area contributed by atoms with Crippen LogP contribution in [0, 0.1) is 5.92 Å². The first kappa shape index (κ1) is 56.1. The second kappa shape index (κ2) is 35.8. The SMILES string of the molecule is CC(C)(C)OC(=O)CCCCCCCCCCCCCCCCC(=O)C[C@@H](CCC(=O)NCCOCCOCC(=O)CCCOCCOCC(=O)O)C(=O)OC(C)(C)C. The number of carboxylic acids is 1. The van der Waals surface area contributed by atoms with Gasteiger partial charge in [-0.15, -0.1) is 0 Å². The number of carbonyl (C=O) groups is 6. The van der Waals surface area contributed by atoms with Gasteiger partial charge in [-0.2, -0.15) is 0 Å². The number of ketones is 2. The van der Waals surface area contributed by atoms with Crippen molar-refractivity contribution in [1.82, 2.24) is 5.32 Å². The summed E-state index contributed by atoms with van der Waals surface area (Å²) in [5.41, 5.74) is -1.10. The Labute approximate surface area is 355 Å². The zero-order valence-corrected chi connectivity index (χ0v) is 37.6. The number of aliphatic carboxylic acids is 1. The van der Waals surface area contributed by atoms with Crippen molar-refractivity contribution in [3.63, 3.8) is 0 Å². The van der Waals surface area contributed by atoms with Crippen molar-refractivity contribution in [3.05, 3.63) is 0 Å². The molecule has 14 nitrogen and oxygen atoms in total. The molecule has 1 atom stereocenters. The van der Waals surface area contributed by atoms with Gasteiger partial charge in [0.2, 0.25) is 5.91 Å². The van der Waals surface area contributed by atoms with Gasteiger partial charge >= 0.3 is 17.9 Å². The van der Waals surface area contributed by atoms with Gasteiger partial charge in [0.15, 0.2) is 5.78 Å². The van der Waals surface area contributed by atoms with Crippen molar-refractivity contribution >= 4 is 35.4 Å². The summed E-state index contributed by atoms with van der Waals surface area (Å²) in [7, 11) is 0. The maximum Gasteiger partial charge on any atom is 0.329 e. The van der Waals surface area contributed by atoms with Crippen molar-refractivity contribution in [2.24, 2.45) is 5.92 Å². The minimum atomic E-state index is -1.04. The zero-order chi connectivity index (χ0) is 44.2. The normalized spacial score (nSPS) is 12.2. The van der Waals surface area contributed by atoms with Gasteiger partial charge in [-0.3, -0.25) is 24.0 Å². The average Bonchev–Trinajstić information content (AvgIpc) is 3.13. The van der Waals surface area contributed by atoms with Gasteiger partial charge in [-0.25, -0.2) is 4.79 Å². The van der Waals surface area contributed by atoms with Gasteiger partial charge in [0, 0.05) is 45.3 Å². The number of hydrogen-bond acceptors (Lipinski definition) is 12. The van der Waals surface area contributed by atoms with E-state index in [1.54, 1.807) is 20.8 Å². The van der Waals surface area contributed by atoms with E-state index in [2.05, 4.69) is 5.32 Å². The first-order chi connectivity index (χ1) is 28.0. The van der Waals surface area contributed by atoms with E-state index in [4.69, 9.17) is 33.5 Å². The number of esters is 2. The fourth-order valence-corrected chi connectivity index (χ4v) is 6.06. The van der Waals surface area contributed by atoms with E-state index >= 15 is 0 Å². The summed E-state index contributed by atoms with van der Waals surface area (Å²) in [6, 6.07) is 0. The molecule has 0 fully saturated rings. The predicted octanol–water partition coefficient (Wildman–Crippen LogP) is 7.88. The number of Topliss-reactive ketones (excluding diaryl/α,β-unsaturated/α-hetero) is 2. The molecule has 0 aromatic rings. The summed E-state index contributed by atoms with van der Waals surface area (Å²) >= 11 is 0. The quantitative estimate of drug-likeness (QED) is 0.0448. The average molecular weight is 844 g/mol. The minimum absolute atomic E-state index is 0.0212. The molecule has 0 aliphatic rings. The van der Waals surface area contributed by atoms with Gasteiger partial charge in [0.1, 0.15) is 30.2 Å². The first-order valence-electron chi connectivity index (χ1n) is 22.3. The van der Waals surface area contributed by atoms with Crippen molar-refractivity contribution in [3.8, 4) is 0 Å². The molecule has 14 heteroatoms. The monoisotopic (exact) mass is 844 g/mol. The van der Waals surface area contributed by atoms with Crippen molar-refractivity contribution in [2.75, 3.05) is 59.4 Å². The van der Waals surface area contributed by atoms with Crippen molar-refractivity contribution in [2.45, 2.75) is 188 Å². The van der Waals surface area contributed by atoms with Crippen LogP contribution >= 0.6 is 0 Å². The number of ether oxygens (including phenoxy) is 6. The molecule has 0 unspecified atom stereocenters. The van der Waals surface area contributed by atoms with Gasteiger partial charge < -0.3 is 38.8 Å². The standard InChI is InChI=1S/C45H81NO13/c1-44(2,3)58-42(52)24-20-18-16-14-12-10-8-7-9-11-13-15-17-19-22-38(47)34-37(43(53)59-45(4,5)6)25-26-40(49)46-27-29-55-31-32-56-35-39(48)23-21-28-54-30-33-57-36-41(50)51/h37H,7-36H2,1-6H3,(H,46,49)(H,50,51)/t37-/m1/s1. The summed E-state index contributed by atoms with van der Waals surface area (Å²) in [5, 5.41) is 11.3. The molecule has 0 spiro atoms. The molecule has 0 bridgehead atoms. The fourth-order valence-electron chi connectivity index (χ4n) is 6.06. The summed E-state index contributed by atoms with van der Waals surface area (Å²) in [6.45, 7) is 12.5. The molecule has 0 aliphatic carbocycles. The Kier molecular flexibility index (Phi) is 34.0. The molecule has 0 aliphatic heterocycles. The van der Waals surface area contributed by atoms with Crippen LogP contribution in [-0.4, -0.2) is 111 Å². The van der Waals surface area contributed by atoms with E-state index in [0.29, 0.717) is 32.3 Å². The maximum atomic E-state index is 12.9. The Morgan fingerprint density at radius 3 is 1.47 bits per heavy atom. The molecule has 1 amide bonds. The van der Waals surface area contributed by atoms with Crippen LogP contribution in [0.4, 0.5) is 0 Å². The lowest BCUT2D eigenvalue weighted by atomic mass is 9.94. The molecular formula is C45H81NO13. The van der Waals surface area contributed by atoms with Crippen LogP contribution in [0.25, 0.3) is 0 Å². The Balaban J connectivity index is 4.00. The number of amides is 1. The summed E-state index contributed by atoms with van der Waals surface area (Å²) in [5.74, 6) is -2.54. The van der Waals surface area contributed by atoms with E-state index in [1.807, 2.05) is 20.8 Å². The number of hydrogen-bond donors (Lipinski definition) is 2. The molecule has 59 heavy (non-hydrogen) atoms. The van der Waals surface area contributed by atoms with Gasteiger partial charge in [0.25, 0.3) is 0 Å². The molecule has 0 saturated heterocycles. The molecule has 344 valence electrons. The van der Waals surface area contributed by atoms with E-state index in [0.717, 1.165) is 38.5 Å². The van der Waals surface area contributed by atoms with Crippen molar-refractivity contribution in [1.29, 1.82) is 0 Å². The highest BCUT2D eigenvalue weighted by Gasteiger charge is 2.27. The summed E-state index contributed by atoms with van der Waals surface area (Å²) in [6.07, 6.45) is 18.1. The minimum Gasteiger partial charge on any atom is -0.480 e. The third kappa shape index (κ3) is 41.6. The van der Waals surface area contributed by atoms with Gasteiger partial charge in [0.05, 0.1) is 39.0 Å². The van der Waals surface area contributed by atoms with Crippen LogP contribution in [0.1, 0.15) is 176 Å². The molecule has 0 radical (unpaired) electrons. The smallest absolute Gasteiger partial charge is 0.329 e. The Hall–Kier alpha value is -2.94. The van der Waals surface area contributed by atoms with E-state index in [9.17, 15) is 28.8 Å². The Bertz CT molecular complexity index is 1150. The molecule has 0 saturated carbocycles. The highest BCUT2D eigenvalue weighted by Crippen LogP contribution is 2.21. The van der Waals surface area contributed by atoms with Crippen LogP contribution in [-0.2, 0) is 57.2 Å². The molecule has 0 aromatic carbocycles. The molecular weight excluding hydrogens is 762 g/mol. The highest BCUT2D eigenvalue weighted by molar-refractivity contribution is 5.85.